The maximum absolute atomic E-state index is 13.7. The molecule has 1 aromatic carbocycles. The number of hydrogen-bond donors (Lipinski definition) is 6. The molecule has 226 valence electrons. The highest BCUT2D eigenvalue weighted by atomic mass is 35.5. The third-order valence-electron chi connectivity index (χ3n) is 5.95. The maximum atomic E-state index is 13.7. The number of carbonyl (C=O) groups is 3. The van der Waals surface area contributed by atoms with Crippen molar-refractivity contribution in [3.8, 4) is 0 Å². The first-order chi connectivity index (χ1) is 18.1. The average molecular weight is 604 g/mol. The monoisotopic (exact) mass is 603 g/mol. The van der Waals surface area contributed by atoms with E-state index in [1.54, 1.807) is 20.8 Å². The second-order valence-electron chi connectivity index (χ2n) is 10.6. The van der Waals surface area contributed by atoms with Gasteiger partial charge in [-0.25, -0.2) is 18.4 Å². The zero-order valence-electron chi connectivity index (χ0n) is 23.2. The molecule has 15 heteroatoms. The standard InChI is InChI=1S/C25H41N7O6S.ClH/c1-25(2,3)38-24(35)31-19(15-17-9-5-4-6-10-17)22(34)32-14-8-12-20(32)21(33)30-18(16-39(28,36)37)11-7-13-29-23(26)27;/h4-6,9-10,18-20H,7-8,11-16H2,1-3H3,(H,30,33)(H,31,35)(H4,26,27,29)(H2,28,36,37);1H/t18-,19+,20-;/m0./s1. The summed E-state index contributed by atoms with van der Waals surface area (Å²) in [5.74, 6) is -1.34. The number of ether oxygens (including phenoxy) is 1. The first-order valence-corrected chi connectivity index (χ1v) is 14.6. The summed E-state index contributed by atoms with van der Waals surface area (Å²) in [4.78, 5) is 43.7. The van der Waals surface area contributed by atoms with Gasteiger partial charge >= 0.3 is 12.1 Å². The van der Waals surface area contributed by atoms with Gasteiger partial charge < -0.3 is 32.7 Å². The molecule has 13 nitrogen and oxygen atoms in total. The first-order valence-electron chi connectivity index (χ1n) is 12.9. The number of carbonyl (C=O) groups excluding carboxylic acids is 3. The quantitative estimate of drug-likeness (QED) is 0.0771. The largest absolute Gasteiger partial charge is 1.00 e. The van der Waals surface area contributed by atoms with Crippen LogP contribution < -0.4 is 44.6 Å². The van der Waals surface area contributed by atoms with Crippen molar-refractivity contribution < 1.29 is 44.9 Å². The Labute approximate surface area is 242 Å². The molecule has 0 saturated carbocycles. The van der Waals surface area contributed by atoms with Crippen LogP contribution in [0.15, 0.2) is 30.3 Å². The molecule has 1 heterocycles. The van der Waals surface area contributed by atoms with E-state index in [1.165, 1.54) is 4.90 Å². The van der Waals surface area contributed by atoms with Gasteiger partial charge in [0, 0.05) is 19.0 Å². The molecule has 0 spiro atoms. The molecule has 3 amide bonds. The Morgan fingerprint density at radius 3 is 2.38 bits per heavy atom. The number of nitrogens with zero attached hydrogens (tertiary/aromatic N) is 1. The van der Waals surface area contributed by atoms with Gasteiger partial charge in [-0.05, 0) is 52.0 Å². The summed E-state index contributed by atoms with van der Waals surface area (Å²) in [5, 5.41) is 10.7. The fourth-order valence-corrected chi connectivity index (χ4v) is 5.17. The highest BCUT2D eigenvalue weighted by molar-refractivity contribution is 7.89. The van der Waals surface area contributed by atoms with Crippen molar-refractivity contribution in [2.24, 2.45) is 16.6 Å². The van der Waals surface area contributed by atoms with Crippen molar-refractivity contribution >= 4 is 33.9 Å². The van der Waals surface area contributed by atoms with Crippen LogP contribution in [0, 0.1) is 0 Å². The topological polar surface area (TPSA) is 214 Å². The molecular formula is C25H42ClN7O6S. The number of primary sulfonamides is 1. The van der Waals surface area contributed by atoms with Crippen molar-refractivity contribution in [3.05, 3.63) is 35.9 Å². The Balaban J connectivity index is 0.00000800. The van der Waals surface area contributed by atoms with Crippen LogP contribution in [0.3, 0.4) is 0 Å². The maximum Gasteiger partial charge on any atom is 0.408 e. The molecule has 1 aliphatic rings. The van der Waals surface area contributed by atoms with E-state index in [4.69, 9.17) is 21.3 Å². The predicted molar refractivity (Wildman–Crippen MR) is 146 cm³/mol. The molecule has 1 aromatic rings. The van der Waals surface area contributed by atoms with Crippen LogP contribution >= 0.6 is 0 Å². The summed E-state index contributed by atoms with van der Waals surface area (Å²) < 4.78 is 28.9. The summed E-state index contributed by atoms with van der Waals surface area (Å²) in [7, 11) is -3.88. The Bertz CT molecular complexity index is 1120. The van der Waals surface area contributed by atoms with Crippen LogP contribution in [0.2, 0.25) is 0 Å². The molecule has 2 rings (SSSR count). The molecule has 0 unspecified atom stereocenters. The summed E-state index contributed by atoms with van der Waals surface area (Å²) in [6, 6.07) is 6.62. The van der Waals surface area contributed by atoms with Crippen molar-refractivity contribution in [2.75, 3.05) is 18.8 Å². The molecule has 0 radical (unpaired) electrons. The zero-order chi connectivity index (χ0) is 29.2. The smallest absolute Gasteiger partial charge is 0.408 e. The van der Waals surface area contributed by atoms with Crippen molar-refractivity contribution in [1.82, 2.24) is 15.5 Å². The molecule has 1 aliphatic heterocycles. The van der Waals surface area contributed by atoms with Gasteiger partial charge in [0.25, 0.3) is 0 Å². The minimum absolute atomic E-state index is 0. The molecule has 1 fully saturated rings. The van der Waals surface area contributed by atoms with Crippen LogP contribution in [0.4, 0.5) is 4.79 Å². The van der Waals surface area contributed by atoms with Crippen molar-refractivity contribution in [2.45, 2.75) is 76.6 Å². The first kappa shape index (κ1) is 34.9. The number of amides is 3. The highest BCUT2D eigenvalue weighted by Crippen LogP contribution is 2.21. The van der Waals surface area contributed by atoms with Gasteiger partial charge in [0.05, 0.1) is 12.3 Å². The van der Waals surface area contributed by atoms with Crippen LogP contribution in [-0.4, -0.2) is 79.8 Å². The number of likely N-dealkylation sites (tertiary alicyclic amines) is 1. The lowest BCUT2D eigenvalue weighted by atomic mass is 10.0. The number of hydrogen-bond acceptors (Lipinski definition) is 6. The lowest BCUT2D eigenvalue weighted by Crippen LogP contribution is -3.00. The average Bonchev–Trinajstić information content (AvgIpc) is 3.29. The van der Waals surface area contributed by atoms with E-state index in [-0.39, 0.29) is 24.8 Å². The van der Waals surface area contributed by atoms with E-state index in [2.05, 4.69) is 15.6 Å². The second-order valence-corrected chi connectivity index (χ2v) is 12.3. The number of nitrogens with two attached hydrogens (primary N) is 3. The Hall–Kier alpha value is -3.10. The van der Waals surface area contributed by atoms with Gasteiger partial charge in [-0.3, -0.25) is 26.0 Å². The molecule has 3 atom stereocenters. The van der Waals surface area contributed by atoms with E-state index in [9.17, 15) is 22.8 Å². The number of halogens is 1. The molecular weight excluding hydrogens is 562 g/mol. The van der Waals surface area contributed by atoms with Gasteiger partial charge in [-0.1, -0.05) is 30.3 Å². The highest BCUT2D eigenvalue weighted by Gasteiger charge is 2.39. The van der Waals surface area contributed by atoms with E-state index in [1.807, 2.05) is 30.3 Å². The summed E-state index contributed by atoms with van der Waals surface area (Å²) in [5.41, 5.74) is 10.8. The van der Waals surface area contributed by atoms with Crippen LogP contribution in [0.25, 0.3) is 0 Å². The number of nitrogens with one attached hydrogen (secondary N) is 3. The van der Waals surface area contributed by atoms with Gasteiger partial charge in [0.2, 0.25) is 21.8 Å². The minimum Gasteiger partial charge on any atom is -1.00 e. The van der Waals surface area contributed by atoms with E-state index in [0.29, 0.717) is 38.8 Å². The summed E-state index contributed by atoms with van der Waals surface area (Å²) >= 11 is 0. The normalized spacial score (nSPS) is 16.7. The van der Waals surface area contributed by atoms with Gasteiger partial charge in [0.15, 0.2) is 0 Å². The Kier molecular flexibility index (Phi) is 13.6. The van der Waals surface area contributed by atoms with Gasteiger partial charge in [0.1, 0.15) is 17.7 Å². The van der Waals surface area contributed by atoms with E-state index in [0.717, 1.165) is 5.56 Å². The van der Waals surface area contributed by atoms with Crippen molar-refractivity contribution in [3.63, 3.8) is 0 Å². The van der Waals surface area contributed by atoms with Crippen LogP contribution in [0.1, 0.15) is 52.0 Å². The van der Waals surface area contributed by atoms with Gasteiger partial charge in [-0.2, -0.15) is 0 Å². The molecule has 40 heavy (non-hydrogen) atoms. The van der Waals surface area contributed by atoms with Gasteiger partial charge in [-0.15, -0.1) is 0 Å². The fourth-order valence-electron chi connectivity index (χ4n) is 4.36. The molecule has 1 saturated heterocycles. The van der Waals surface area contributed by atoms with Crippen molar-refractivity contribution in [1.29, 1.82) is 0 Å². The number of alkyl carbamates (subject to hydrolysis) is 1. The van der Waals surface area contributed by atoms with Crippen LogP contribution in [0.5, 0.6) is 0 Å². The summed E-state index contributed by atoms with van der Waals surface area (Å²) in [6.45, 7) is 5.86. The molecule has 0 bridgehead atoms. The van der Waals surface area contributed by atoms with Crippen LogP contribution in [-0.2, 0) is 30.8 Å². The molecule has 0 aliphatic carbocycles. The number of guanidine groups is 1. The number of rotatable bonds is 12. The lowest BCUT2D eigenvalue weighted by molar-refractivity contribution is -0.459. The minimum atomic E-state index is -3.88. The van der Waals surface area contributed by atoms with E-state index >= 15 is 0 Å². The zero-order valence-corrected chi connectivity index (χ0v) is 24.8. The summed E-state index contributed by atoms with van der Waals surface area (Å²) in [6.07, 6.45) is 1.18. The van der Waals surface area contributed by atoms with E-state index < -0.39 is 57.4 Å². The fraction of sp³-hybridized carbons (Fsp3) is 0.600. The number of sulfonamides is 1. The Morgan fingerprint density at radius 2 is 1.80 bits per heavy atom. The third-order valence-corrected chi connectivity index (χ3v) is 6.82. The predicted octanol–water partition coefficient (Wildman–Crippen LogP) is -4.98. The lowest BCUT2D eigenvalue weighted by Gasteiger charge is -2.30. The Morgan fingerprint density at radius 1 is 1.15 bits per heavy atom. The second kappa shape index (κ2) is 15.6. The molecule has 9 N–H and O–H groups in total. The third kappa shape index (κ3) is 12.8. The molecule has 0 aromatic heterocycles. The number of benzene rings is 1. The SMILES string of the molecule is CC(C)(C)OC(=O)N[C@H](Cc1ccccc1)C(=O)N1CCC[C@H]1C(=O)N[C@@H](CCC[NH+]=C(N)N)CS(N)(=O)=O.[Cl-].